The largest absolute Gasteiger partial charge is 0.396 e. The molecular formula is C8H11N7O. The number of hydrogen-bond acceptors (Lipinski definition) is 6. The fourth-order valence-corrected chi connectivity index (χ4v) is 1.27. The second kappa shape index (κ2) is 3.65. The van der Waals surface area contributed by atoms with Gasteiger partial charge in [-0.3, -0.25) is 4.79 Å². The van der Waals surface area contributed by atoms with Gasteiger partial charge in [0.25, 0.3) is 5.91 Å². The monoisotopic (exact) mass is 221 g/mol. The van der Waals surface area contributed by atoms with Crippen molar-refractivity contribution in [3.05, 3.63) is 18.1 Å². The van der Waals surface area contributed by atoms with Crippen LogP contribution in [0.15, 0.2) is 12.4 Å². The zero-order valence-corrected chi connectivity index (χ0v) is 8.66. The summed E-state index contributed by atoms with van der Waals surface area (Å²) in [5, 5.41) is 11.1. The molecule has 0 radical (unpaired) electrons. The minimum absolute atomic E-state index is 0.0200. The van der Waals surface area contributed by atoms with Gasteiger partial charge in [-0.2, -0.15) is 5.10 Å². The molecule has 2 heterocycles. The van der Waals surface area contributed by atoms with E-state index in [9.17, 15) is 4.79 Å². The quantitative estimate of drug-likeness (QED) is 0.691. The Kier molecular flexibility index (Phi) is 2.31. The number of nitrogens with zero attached hydrogens (tertiary/aromatic N) is 5. The van der Waals surface area contributed by atoms with E-state index in [1.165, 1.54) is 21.8 Å². The van der Waals surface area contributed by atoms with Crippen molar-refractivity contribution in [2.45, 2.75) is 13.5 Å². The van der Waals surface area contributed by atoms with Crippen LogP contribution in [0.5, 0.6) is 0 Å². The number of carbonyl (C=O) groups excluding carboxylic acids is 1. The van der Waals surface area contributed by atoms with Crippen LogP contribution in [0.1, 0.15) is 10.5 Å². The smallest absolute Gasteiger partial charge is 0.268 e. The van der Waals surface area contributed by atoms with Gasteiger partial charge in [-0.1, -0.05) is 5.21 Å². The van der Waals surface area contributed by atoms with Crippen LogP contribution in [-0.2, 0) is 6.54 Å². The number of anilines is 2. The first-order valence-corrected chi connectivity index (χ1v) is 4.57. The normalized spacial score (nSPS) is 10.6. The van der Waals surface area contributed by atoms with Gasteiger partial charge >= 0.3 is 0 Å². The average Bonchev–Trinajstić information content (AvgIpc) is 2.76. The van der Waals surface area contributed by atoms with Crippen LogP contribution >= 0.6 is 0 Å². The van der Waals surface area contributed by atoms with Crippen molar-refractivity contribution in [3.63, 3.8) is 0 Å². The van der Waals surface area contributed by atoms with Gasteiger partial charge in [-0.05, 0) is 6.92 Å². The van der Waals surface area contributed by atoms with E-state index in [-0.39, 0.29) is 18.3 Å². The summed E-state index contributed by atoms with van der Waals surface area (Å²) in [6.45, 7) is 1.74. The molecule has 8 nitrogen and oxygen atoms in total. The highest BCUT2D eigenvalue weighted by atomic mass is 16.2. The van der Waals surface area contributed by atoms with Crippen LogP contribution in [-0.4, -0.2) is 30.7 Å². The van der Waals surface area contributed by atoms with E-state index in [4.69, 9.17) is 11.5 Å². The Hall–Kier alpha value is -2.38. The van der Waals surface area contributed by atoms with Gasteiger partial charge in [0.2, 0.25) is 0 Å². The van der Waals surface area contributed by atoms with Crippen LogP contribution in [0, 0.1) is 6.92 Å². The summed E-state index contributed by atoms with van der Waals surface area (Å²) in [5.74, 6) is 0.0172. The molecule has 0 bridgehead atoms. The van der Waals surface area contributed by atoms with Crippen molar-refractivity contribution in [3.8, 4) is 0 Å². The van der Waals surface area contributed by atoms with Crippen LogP contribution in [0.25, 0.3) is 0 Å². The highest BCUT2D eigenvalue weighted by Gasteiger charge is 2.12. The Balaban J connectivity index is 2.18. The number of nitrogen functional groups attached to an aromatic ring is 2. The van der Waals surface area contributed by atoms with E-state index in [2.05, 4.69) is 15.4 Å². The summed E-state index contributed by atoms with van der Waals surface area (Å²) in [6, 6.07) is 0. The second-order valence-electron chi connectivity index (χ2n) is 3.33. The zero-order chi connectivity index (χ0) is 11.7. The summed E-state index contributed by atoms with van der Waals surface area (Å²) < 4.78 is 2.57. The highest BCUT2D eigenvalue weighted by molar-refractivity contribution is 5.79. The van der Waals surface area contributed by atoms with E-state index >= 15 is 0 Å². The molecule has 0 aliphatic heterocycles. The van der Waals surface area contributed by atoms with E-state index in [0.29, 0.717) is 11.4 Å². The number of carbonyl (C=O) groups is 1. The number of nitrogens with two attached hydrogens (primary N) is 2. The third-order valence-corrected chi connectivity index (χ3v) is 2.14. The SMILES string of the molecule is Cc1c(N)cnn1C(=O)Cn1cc(N)nn1. The molecule has 2 rings (SSSR count). The lowest BCUT2D eigenvalue weighted by molar-refractivity contribution is 0.0867. The lowest BCUT2D eigenvalue weighted by Gasteiger charge is -2.02. The Labute approximate surface area is 90.8 Å². The summed E-state index contributed by atoms with van der Waals surface area (Å²) in [7, 11) is 0. The van der Waals surface area contributed by atoms with Gasteiger partial charge in [0.15, 0.2) is 5.82 Å². The highest BCUT2D eigenvalue weighted by Crippen LogP contribution is 2.08. The van der Waals surface area contributed by atoms with Crippen molar-refractivity contribution >= 4 is 17.4 Å². The van der Waals surface area contributed by atoms with Gasteiger partial charge in [0.05, 0.1) is 23.8 Å². The minimum atomic E-state index is -0.251. The molecule has 84 valence electrons. The van der Waals surface area contributed by atoms with E-state index in [0.717, 1.165) is 0 Å². The molecule has 0 atom stereocenters. The molecule has 0 spiro atoms. The van der Waals surface area contributed by atoms with E-state index in [1.807, 2.05) is 0 Å². The molecule has 0 saturated carbocycles. The number of rotatable bonds is 2. The van der Waals surface area contributed by atoms with E-state index in [1.54, 1.807) is 6.92 Å². The molecule has 0 unspecified atom stereocenters. The van der Waals surface area contributed by atoms with Gasteiger partial charge in [0.1, 0.15) is 6.54 Å². The first kappa shape index (κ1) is 10.1. The van der Waals surface area contributed by atoms with Gasteiger partial charge in [-0.25, -0.2) is 9.36 Å². The lowest BCUT2D eigenvalue weighted by atomic mass is 10.4. The molecule has 0 amide bonds. The fourth-order valence-electron chi connectivity index (χ4n) is 1.27. The van der Waals surface area contributed by atoms with Crippen LogP contribution in [0.3, 0.4) is 0 Å². The molecule has 4 N–H and O–H groups in total. The standard InChI is InChI=1S/C8H11N7O/c1-5-6(9)2-11-15(5)8(16)4-14-3-7(10)12-13-14/h2-3H,4,9-10H2,1H3. The predicted molar refractivity (Wildman–Crippen MR) is 56.4 cm³/mol. The Bertz CT molecular complexity index is 526. The number of hydrogen-bond donors (Lipinski definition) is 2. The average molecular weight is 221 g/mol. The fraction of sp³-hybridized carbons (Fsp3) is 0.250. The van der Waals surface area contributed by atoms with Crippen molar-refractivity contribution in [1.29, 1.82) is 0 Å². The third kappa shape index (κ3) is 1.72. The maximum Gasteiger partial charge on any atom is 0.268 e. The van der Waals surface area contributed by atoms with Crippen LogP contribution in [0.2, 0.25) is 0 Å². The molecule has 8 heteroatoms. The van der Waals surface area contributed by atoms with Gasteiger partial charge < -0.3 is 11.5 Å². The maximum absolute atomic E-state index is 11.8. The minimum Gasteiger partial charge on any atom is -0.396 e. The van der Waals surface area contributed by atoms with Gasteiger partial charge in [-0.15, -0.1) is 5.10 Å². The molecule has 0 fully saturated rings. The van der Waals surface area contributed by atoms with Crippen molar-refractivity contribution in [1.82, 2.24) is 24.8 Å². The van der Waals surface area contributed by atoms with Gasteiger partial charge in [0, 0.05) is 0 Å². The summed E-state index contributed by atoms with van der Waals surface area (Å²) in [6.07, 6.45) is 2.91. The summed E-state index contributed by atoms with van der Waals surface area (Å²) in [5.41, 5.74) is 12.1. The Morgan fingerprint density at radius 2 is 2.25 bits per heavy atom. The van der Waals surface area contributed by atoms with Crippen LogP contribution < -0.4 is 11.5 Å². The molecular weight excluding hydrogens is 210 g/mol. The molecule has 2 aromatic rings. The van der Waals surface area contributed by atoms with Crippen molar-refractivity contribution in [2.24, 2.45) is 0 Å². The summed E-state index contributed by atoms with van der Waals surface area (Å²) in [4.78, 5) is 11.8. The molecule has 2 aromatic heterocycles. The molecule has 0 saturated heterocycles. The Morgan fingerprint density at radius 3 is 2.75 bits per heavy atom. The zero-order valence-electron chi connectivity index (χ0n) is 8.66. The predicted octanol–water partition coefficient (Wildman–Crippen LogP) is -0.712. The first-order chi connectivity index (χ1) is 7.58. The van der Waals surface area contributed by atoms with Crippen LogP contribution in [0.4, 0.5) is 11.5 Å². The Morgan fingerprint density at radius 1 is 1.50 bits per heavy atom. The summed E-state index contributed by atoms with van der Waals surface area (Å²) >= 11 is 0. The molecule has 0 aliphatic rings. The third-order valence-electron chi connectivity index (χ3n) is 2.14. The topological polar surface area (TPSA) is 118 Å². The van der Waals surface area contributed by atoms with E-state index < -0.39 is 0 Å². The maximum atomic E-state index is 11.8. The molecule has 0 aliphatic carbocycles. The lowest BCUT2D eigenvalue weighted by Crippen LogP contribution is -2.20. The molecule has 0 aromatic carbocycles. The first-order valence-electron chi connectivity index (χ1n) is 4.57. The second-order valence-corrected chi connectivity index (χ2v) is 3.33. The molecule has 16 heavy (non-hydrogen) atoms. The van der Waals surface area contributed by atoms with Crippen molar-refractivity contribution < 1.29 is 4.79 Å². The van der Waals surface area contributed by atoms with Crippen molar-refractivity contribution in [2.75, 3.05) is 11.5 Å². The number of aromatic nitrogens is 5.